The van der Waals surface area contributed by atoms with E-state index in [-0.39, 0.29) is 0 Å². The van der Waals surface area contributed by atoms with E-state index in [2.05, 4.69) is 20.2 Å². The summed E-state index contributed by atoms with van der Waals surface area (Å²) in [5.41, 5.74) is 3.28. The van der Waals surface area contributed by atoms with Crippen LogP contribution in [0.5, 0.6) is 0 Å². The summed E-state index contributed by atoms with van der Waals surface area (Å²) in [4.78, 5) is 8.38. The Morgan fingerprint density at radius 1 is 1.28 bits per heavy atom. The predicted molar refractivity (Wildman–Crippen MR) is 65.6 cm³/mol. The SMILES string of the molecule is O/N=C\c1cnc2c(-c3cccnc3)cnn2c1. The molecule has 0 aliphatic carbocycles. The van der Waals surface area contributed by atoms with Crippen LogP contribution in [-0.2, 0) is 0 Å². The Kier molecular flexibility index (Phi) is 2.45. The molecule has 3 aromatic heterocycles. The molecule has 0 spiro atoms. The maximum atomic E-state index is 8.48. The van der Waals surface area contributed by atoms with Crippen molar-refractivity contribution >= 4 is 11.9 Å². The molecule has 0 radical (unpaired) electrons. The number of rotatable bonds is 2. The number of aromatic nitrogens is 4. The lowest BCUT2D eigenvalue weighted by atomic mass is 10.1. The van der Waals surface area contributed by atoms with E-state index in [4.69, 9.17) is 5.21 Å². The van der Waals surface area contributed by atoms with E-state index in [1.54, 1.807) is 35.5 Å². The van der Waals surface area contributed by atoms with Gasteiger partial charge in [0, 0.05) is 41.5 Å². The molecule has 0 bridgehead atoms. The molecule has 0 fully saturated rings. The van der Waals surface area contributed by atoms with Crippen molar-refractivity contribution in [3.8, 4) is 11.1 Å². The molecule has 0 saturated heterocycles. The average molecular weight is 239 g/mol. The smallest absolute Gasteiger partial charge is 0.162 e. The molecule has 88 valence electrons. The highest BCUT2D eigenvalue weighted by atomic mass is 16.4. The monoisotopic (exact) mass is 239 g/mol. The fraction of sp³-hybridized carbons (Fsp3) is 0. The van der Waals surface area contributed by atoms with Crippen LogP contribution in [0.25, 0.3) is 16.8 Å². The Morgan fingerprint density at radius 2 is 2.22 bits per heavy atom. The van der Waals surface area contributed by atoms with Gasteiger partial charge >= 0.3 is 0 Å². The zero-order valence-electron chi connectivity index (χ0n) is 9.30. The van der Waals surface area contributed by atoms with Crippen LogP contribution in [0, 0.1) is 0 Å². The van der Waals surface area contributed by atoms with Gasteiger partial charge in [0.05, 0.1) is 12.4 Å². The van der Waals surface area contributed by atoms with E-state index in [0.717, 1.165) is 16.8 Å². The summed E-state index contributed by atoms with van der Waals surface area (Å²) in [5.74, 6) is 0. The summed E-state index contributed by atoms with van der Waals surface area (Å²) >= 11 is 0. The van der Waals surface area contributed by atoms with Gasteiger partial charge in [-0.15, -0.1) is 0 Å². The third-order valence-corrected chi connectivity index (χ3v) is 2.56. The Hall–Kier alpha value is -2.76. The van der Waals surface area contributed by atoms with Crippen molar-refractivity contribution in [2.75, 3.05) is 0 Å². The van der Waals surface area contributed by atoms with Crippen LogP contribution in [0.1, 0.15) is 5.56 Å². The number of nitrogens with zero attached hydrogens (tertiary/aromatic N) is 5. The average Bonchev–Trinajstić information content (AvgIpc) is 2.83. The summed E-state index contributed by atoms with van der Waals surface area (Å²) in [6.07, 6.45) is 9.88. The lowest BCUT2D eigenvalue weighted by Crippen LogP contribution is -1.94. The molecule has 0 aromatic carbocycles. The molecule has 0 unspecified atom stereocenters. The molecule has 18 heavy (non-hydrogen) atoms. The maximum Gasteiger partial charge on any atom is 0.162 e. The minimum absolute atomic E-state index is 0.672. The third-order valence-electron chi connectivity index (χ3n) is 2.56. The second kappa shape index (κ2) is 4.25. The summed E-state index contributed by atoms with van der Waals surface area (Å²) in [7, 11) is 0. The van der Waals surface area contributed by atoms with Crippen LogP contribution < -0.4 is 0 Å². The topological polar surface area (TPSA) is 75.7 Å². The van der Waals surface area contributed by atoms with Crippen molar-refractivity contribution in [3.05, 3.63) is 48.7 Å². The number of oxime groups is 1. The number of pyridine rings is 1. The molecule has 0 aliphatic heterocycles. The molecule has 6 heteroatoms. The minimum Gasteiger partial charge on any atom is -0.411 e. The van der Waals surface area contributed by atoms with Gasteiger partial charge in [-0.2, -0.15) is 5.10 Å². The molecule has 0 atom stereocenters. The van der Waals surface area contributed by atoms with Crippen molar-refractivity contribution in [2.45, 2.75) is 0 Å². The van der Waals surface area contributed by atoms with Gasteiger partial charge in [-0.25, -0.2) is 9.50 Å². The standard InChI is InChI=1S/C12H9N5O/c18-16-5-9-4-14-12-11(7-15-17(12)8-9)10-2-1-3-13-6-10/h1-8,18H/b16-5-. The number of fused-ring (bicyclic) bond motifs is 1. The van der Waals surface area contributed by atoms with Gasteiger partial charge in [0.15, 0.2) is 5.65 Å². The summed E-state index contributed by atoms with van der Waals surface area (Å²) in [6, 6.07) is 3.82. The van der Waals surface area contributed by atoms with E-state index < -0.39 is 0 Å². The Labute approximate surface area is 102 Å². The molecule has 3 rings (SSSR count). The highest BCUT2D eigenvalue weighted by Crippen LogP contribution is 2.21. The maximum absolute atomic E-state index is 8.48. The van der Waals surface area contributed by atoms with Gasteiger partial charge < -0.3 is 5.21 Å². The van der Waals surface area contributed by atoms with E-state index in [9.17, 15) is 0 Å². The largest absolute Gasteiger partial charge is 0.411 e. The van der Waals surface area contributed by atoms with Crippen molar-refractivity contribution in [3.63, 3.8) is 0 Å². The zero-order chi connectivity index (χ0) is 12.4. The van der Waals surface area contributed by atoms with Gasteiger partial charge in [-0.05, 0) is 6.07 Å². The zero-order valence-corrected chi connectivity index (χ0v) is 9.30. The predicted octanol–water partition coefficient (Wildman–Crippen LogP) is 1.60. The minimum atomic E-state index is 0.672. The highest BCUT2D eigenvalue weighted by molar-refractivity contribution is 5.80. The fourth-order valence-electron chi connectivity index (χ4n) is 1.75. The first-order valence-electron chi connectivity index (χ1n) is 5.30. The van der Waals surface area contributed by atoms with Gasteiger partial charge in [0.1, 0.15) is 0 Å². The molecule has 0 amide bonds. The van der Waals surface area contributed by atoms with Gasteiger partial charge in [-0.3, -0.25) is 4.98 Å². The van der Waals surface area contributed by atoms with E-state index in [1.165, 1.54) is 6.21 Å². The first kappa shape index (κ1) is 10.4. The van der Waals surface area contributed by atoms with Crippen LogP contribution in [-0.4, -0.2) is 31.0 Å². The Bertz CT molecular complexity index is 705. The quantitative estimate of drug-likeness (QED) is 0.418. The second-order valence-electron chi connectivity index (χ2n) is 3.70. The summed E-state index contributed by atoms with van der Waals surface area (Å²) in [5, 5.41) is 15.7. The van der Waals surface area contributed by atoms with Crippen LogP contribution in [0.3, 0.4) is 0 Å². The lowest BCUT2D eigenvalue weighted by Gasteiger charge is -1.98. The molecule has 0 aliphatic rings. The number of hydrogen-bond acceptors (Lipinski definition) is 5. The summed E-state index contributed by atoms with van der Waals surface area (Å²) < 4.78 is 1.64. The molecular weight excluding hydrogens is 230 g/mol. The lowest BCUT2D eigenvalue weighted by molar-refractivity contribution is 0.322. The van der Waals surface area contributed by atoms with E-state index in [1.807, 2.05) is 12.1 Å². The highest BCUT2D eigenvalue weighted by Gasteiger charge is 2.07. The molecule has 0 saturated carbocycles. The van der Waals surface area contributed by atoms with Gasteiger partial charge in [-0.1, -0.05) is 11.2 Å². The number of hydrogen-bond donors (Lipinski definition) is 1. The van der Waals surface area contributed by atoms with E-state index >= 15 is 0 Å². The van der Waals surface area contributed by atoms with Crippen LogP contribution >= 0.6 is 0 Å². The molecular formula is C12H9N5O. The molecule has 6 nitrogen and oxygen atoms in total. The van der Waals surface area contributed by atoms with Crippen LogP contribution in [0.15, 0.2) is 48.3 Å². The molecule has 3 heterocycles. The van der Waals surface area contributed by atoms with Crippen molar-refractivity contribution in [1.29, 1.82) is 0 Å². The van der Waals surface area contributed by atoms with Crippen molar-refractivity contribution in [2.24, 2.45) is 5.16 Å². The van der Waals surface area contributed by atoms with Crippen molar-refractivity contribution in [1.82, 2.24) is 19.6 Å². The first-order valence-corrected chi connectivity index (χ1v) is 5.30. The second-order valence-corrected chi connectivity index (χ2v) is 3.70. The van der Waals surface area contributed by atoms with Gasteiger partial charge in [0.2, 0.25) is 0 Å². The first-order chi connectivity index (χ1) is 8.88. The fourth-order valence-corrected chi connectivity index (χ4v) is 1.75. The molecule has 3 aromatic rings. The van der Waals surface area contributed by atoms with E-state index in [0.29, 0.717) is 5.56 Å². The normalized spacial score (nSPS) is 11.3. The Balaban J connectivity index is 2.16. The van der Waals surface area contributed by atoms with Gasteiger partial charge in [0.25, 0.3) is 0 Å². The van der Waals surface area contributed by atoms with Crippen molar-refractivity contribution < 1.29 is 5.21 Å². The molecule has 1 N–H and O–H groups in total. The Morgan fingerprint density at radius 3 is 3.00 bits per heavy atom. The van der Waals surface area contributed by atoms with Crippen LogP contribution in [0.4, 0.5) is 0 Å². The van der Waals surface area contributed by atoms with Crippen LogP contribution in [0.2, 0.25) is 0 Å². The summed E-state index contributed by atoms with van der Waals surface area (Å²) in [6.45, 7) is 0. The third kappa shape index (κ3) is 1.69.